The zero-order valence-electron chi connectivity index (χ0n) is 10.5. The fourth-order valence-electron chi connectivity index (χ4n) is 1.71. The highest BCUT2D eigenvalue weighted by Gasteiger charge is 2.09. The maximum Gasteiger partial charge on any atom is 0.0402 e. The van der Waals surface area contributed by atoms with Crippen LogP contribution in [0.15, 0.2) is 37.0 Å². The van der Waals surface area contributed by atoms with E-state index in [4.69, 9.17) is 5.11 Å². The molecular formula is C14H25NO. The summed E-state index contributed by atoms with van der Waals surface area (Å²) in [5.41, 5.74) is 1.27. The third-order valence-corrected chi connectivity index (χ3v) is 2.45. The van der Waals surface area contributed by atoms with Gasteiger partial charge in [0.15, 0.2) is 0 Å². The molecule has 0 aromatic rings. The summed E-state index contributed by atoms with van der Waals surface area (Å²) >= 11 is 0. The topological polar surface area (TPSA) is 23.5 Å². The Hall–Kier alpha value is -0.860. The van der Waals surface area contributed by atoms with Crippen LogP contribution in [-0.2, 0) is 0 Å². The molecule has 1 heterocycles. The van der Waals surface area contributed by atoms with Crippen molar-refractivity contribution in [3.05, 3.63) is 37.0 Å². The summed E-state index contributed by atoms with van der Waals surface area (Å²) in [5, 5.41) is 7.57. The molecule has 92 valence electrons. The minimum absolute atomic E-state index is 0.250. The van der Waals surface area contributed by atoms with Crippen LogP contribution in [0.25, 0.3) is 0 Å². The fraction of sp³-hybridized carbons (Fsp3) is 0.571. The second-order valence-electron chi connectivity index (χ2n) is 3.83. The van der Waals surface area contributed by atoms with Gasteiger partial charge in [-0.05, 0) is 38.4 Å². The number of likely N-dealkylation sites (tertiary alicyclic amines) is 1. The lowest BCUT2D eigenvalue weighted by atomic mass is 10.1. The molecule has 1 fully saturated rings. The van der Waals surface area contributed by atoms with Crippen molar-refractivity contribution in [3.63, 3.8) is 0 Å². The van der Waals surface area contributed by atoms with Crippen molar-refractivity contribution in [2.75, 3.05) is 26.2 Å². The molecule has 1 aliphatic heterocycles. The standard InChI is InChI=1S/C12H19N.C2H6O/c1-3-8-12(4-2)11-13-9-6-5-7-10-13;1-2-3/h3-4,8H,1-2,5-7,9-11H2;3H,2H2,1H3/b12-8+;. The zero-order chi connectivity index (χ0) is 12.2. The van der Waals surface area contributed by atoms with Gasteiger partial charge in [0.05, 0.1) is 0 Å². The second-order valence-corrected chi connectivity index (χ2v) is 3.83. The van der Waals surface area contributed by atoms with Crippen LogP contribution < -0.4 is 0 Å². The van der Waals surface area contributed by atoms with E-state index in [0.717, 1.165) is 6.54 Å². The Kier molecular flexibility index (Phi) is 10.1. The number of aliphatic hydroxyl groups excluding tert-OH is 1. The first kappa shape index (κ1) is 15.1. The van der Waals surface area contributed by atoms with Gasteiger partial charge >= 0.3 is 0 Å². The lowest BCUT2D eigenvalue weighted by Gasteiger charge is -2.26. The summed E-state index contributed by atoms with van der Waals surface area (Å²) in [6, 6.07) is 0. The first-order valence-corrected chi connectivity index (χ1v) is 6.05. The van der Waals surface area contributed by atoms with Crippen LogP contribution in [-0.4, -0.2) is 36.2 Å². The van der Waals surface area contributed by atoms with Gasteiger partial charge in [-0.2, -0.15) is 0 Å². The normalized spacial score (nSPS) is 17.2. The molecule has 1 saturated heterocycles. The number of nitrogens with zero attached hydrogens (tertiary/aromatic N) is 1. The Bertz CT molecular complexity index is 215. The summed E-state index contributed by atoms with van der Waals surface area (Å²) in [6.45, 7) is 12.9. The molecule has 16 heavy (non-hydrogen) atoms. The van der Waals surface area contributed by atoms with Gasteiger partial charge in [-0.25, -0.2) is 0 Å². The number of piperidine rings is 1. The molecule has 2 nitrogen and oxygen atoms in total. The number of hydrogen-bond acceptors (Lipinski definition) is 2. The monoisotopic (exact) mass is 223 g/mol. The van der Waals surface area contributed by atoms with Crippen LogP contribution in [0.4, 0.5) is 0 Å². The van der Waals surface area contributed by atoms with Gasteiger partial charge in [-0.3, -0.25) is 4.90 Å². The van der Waals surface area contributed by atoms with Crippen molar-refractivity contribution < 1.29 is 5.11 Å². The van der Waals surface area contributed by atoms with Crippen LogP contribution in [0.3, 0.4) is 0 Å². The first-order valence-electron chi connectivity index (χ1n) is 6.05. The molecule has 2 heteroatoms. The van der Waals surface area contributed by atoms with Crippen molar-refractivity contribution in [2.45, 2.75) is 26.2 Å². The van der Waals surface area contributed by atoms with E-state index in [2.05, 4.69) is 18.1 Å². The Balaban J connectivity index is 0.000000673. The predicted octanol–water partition coefficient (Wildman–Crippen LogP) is 2.77. The Morgan fingerprint density at radius 3 is 2.25 bits per heavy atom. The summed E-state index contributed by atoms with van der Waals surface area (Å²) in [7, 11) is 0. The van der Waals surface area contributed by atoms with Crippen molar-refractivity contribution in [2.24, 2.45) is 0 Å². The lowest BCUT2D eigenvalue weighted by Crippen LogP contribution is -2.31. The third-order valence-electron chi connectivity index (χ3n) is 2.45. The molecule has 0 saturated carbocycles. The van der Waals surface area contributed by atoms with Crippen LogP contribution in [0, 0.1) is 0 Å². The van der Waals surface area contributed by atoms with Gasteiger partial charge in [0.25, 0.3) is 0 Å². The zero-order valence-corrected chi connectivity index (χ0v) is 10.5. The maximum absolute atomic E-state index is 7.57. The molecule has 0 amide bonds. The van der Waals surface area contributed by atoms with Gasteiger partial charge < -0.3 is 5.11 Å². The van der Waals surface area contributed by atoms with E-state index in [1.165, 1.54) is 37.9 Å². The average molecular weight is 223 g/mol. The Morgan fingerprint density at radius 1 is 1.25 bits per heavy atom. The molecule has 1 rings (SSSR count). The maximum atomic E-state index is 7.57. The van der Waals surface area contributed by atoms with E-state index in [9.17, 15) is 0 Å². The number of rotatable bonds is 4. The molecule has 0 unspecified atom stereocenters. The number of hydrogen-bond donors (Lipinski definition) is 1. The SMILES string of the molecule is C=C/C=C(\C=C)CN1CCCCC1.CCO. The molecule has 1 aliphatic rings. The molecule has 0 bridgehead atoms. The van der Waals surface area contributed by atoms with Gasteiger partial charge in [-0.1, -0.05) is 37.8 Å². The van der Waals surface area contributed by atoms with E-state index in [1.807, 2.05) is 18.2 Å². The first-order chi connectivity index (χ1) is 7.78. The highest BCUT2D eigenvalue weighted by molar-refractivity contribution is 5.22. The third kappa shape index (κ3) is 7.43. The van der Waals surface area contributed by atoms with Crippen LogP contribution in [0.5, 0.6) is 0 Å². The van der Waals surface area contributed by atoms with Crippen LogP contribution in [0.2, 0.25) is 0 Å². The van der Waals surface area contributed by atoms with Crippen LogP contribution in [0.1, 0.15) is 26.2 Å². The molecule has 1 N–H and O–H groups in total. The number of allylic oxidation sites excluding steroid dienone is 2. The van der Waals surface area contributed by atoms with Crippen molar-refractivity contribution in [3.8, 4) is 0 Å². The summed E-state index contributed by atoms with van der Waals surface area (Å²) in [5.74, 6) is 0. The Labute approximate surface area is 100.0 Å². The van der Waals surface area contributed by atoms with E-state index in [-0.39, 0.29) is 6.61 Å². The summed E-state index contributed by atoms with van der Waals surface area (Å²) in [4.78, 5) is 2.49. The molecule has 0 aromatic heterocycles. The summed E-state index contributed by atoms with van der Waals surface area (Å²) < 4.78 is 0. The van der Waals surface area contributed by atoms with Gasteiger partial charge in [-0.15, -0.1) is 0 Å². The smallest absolute Gasteiger partial charge is 0.0402 e. The van der Waals surface area contributed by atoms with Crippen molar-refractivity contribution in [1.29, 1.82) is 0 Å². The van der Waals surface area contributed by atoms with Crippen molar-refractivity contribution in [1.82, 2.24) is 4.90 Å². The van der Waals surface area contributed by atoms with Gasteiger partial charge in [0.1, 0.15) is 0 Å². The fourth-order valence-corrected chi connectivity index (χ4v) is 1.71. The van der Waals surface area contributed by atoms with Crippen LogP contribution >= 0.6 is 0 Å². The predicted molar refractivity (Wildman–Crippen MR) is 71.5 cm³/mol. The van der Waals surface area contributed by atoms with Crippen molar-refractivity contribution >= 4 is 0 Å². The lowest BCUT2D eigenvalue weighted by molar-refractivity contribution is 0.248. The molecule has 0 atom stereocenters. The molecule has 0 aromatic carbocycles. The Morgan fingerprint density at radius 2 is 1.81 bits per heavy atom. The highest BCUT2D eigenvalue weighted by atomic mass is 16.2. The largest absolute Gasteiger partial charge is 0.397 e. The van der Waals surface area contributed by atoms with E-state index in [1.54, 1.807) is 6.92 Å². The second kappa shape index (κ2) is 10.7. The molecule has 0 spiro atoms. The molecular weight excluding hydrogens is 198 g/mol. The highest BCUT2D eigenvalue weighted by Crippen LogP contribution is 2.10. The minimum atomic E-state index is 0.250. The summed E-state index contributed by atoms with van der Waals surface area (Å²) in [6.07, 6.45) is 9.89. The van der Waals surface area contributed by atoms with E-state index < -0.39 is 0 Å². The molecule has 0 aliphatic carbocycles. The molecule has 0 radical (unpaired) electrons. The van der Waals surface area contributed by atoms with E-state index in [0.29, 0.717) is 0 Å². The minimum Gasteiger partial charge on any atom is -0.397 e. The average Bonchev–Trinajstić information content (AvgIpc) is 2.31. The number of aliphatic hydroxyl groups is 1. The van der Waals surface area contributed by atoms with E-state index >= 15 is 0 Å². The quantitative estimate of drug-likeness (QED) is 0.741. The van der Waals surface area contributed by atoms with Gasteiger partial charge in [0, 0.05) is 13.2 Å². The van der Waals surface area contributed by atoms with Gasteiger partial charge in [0.2, 0.25) is 0 Å².